The highest BCUT2D eigenvalue weighted by Crippen LogP contribution is 2.28. The van der Waals surface area contributed by atoms with Crippen LogP contribution in [0, 0.1) is 0 Å². The molecule has 0 aliphatic carbocycles. The molecule has 1 aromatic heterocycles. The van der Waals surface area contributed by atoms with Crippen LogP contribution in [-0.2, 0) is 30.7 Å². The molecule has 2 aliphatic heterocycles. The first-order chi connectivity index (χ1) is 22.5. The zero-order valence-corrected chi connectivity index (χ0v) is 27.4. The van der Waals surface area contributed by atoms with Crippen LogP contribution in [0.5, 0.6) is 0 Å². The van der Waals surface area contributed by atoms with Crippen molar-refractivity contribution in [3.63, 3.8) is 0 Å². The Morgan fingerprint density at radius 1 is 0.783 bits per heavy atom. The molecule has 2 aliphatic rings. The van der Waals surface area contributed by atoms with Gasteiger partial charge < -0.3 is 14.7 Å². The Morgan fingerprint density at radius 3 is 2.28 bits per heavy atom. The van der Waals surface area contributed by atoms with E-state index in [1.165, 1.54) is 11.1 Å². The van der Waals surface area contributed by atoms with Gasteiger partial charge in [0.05, 0.1) is 11.3 Å². The normalized spacial score (nSPS) is 16.0. The molecule has 0 radical (unpaired) electrons. The van der Waals surface area contributed by atoms with Gasteiger partial charge in [-0.15, -0.1) is 0 Å². The second-order valence-electron chi connectivity index (χ2n) is 12.4. The molecular formula is C38H42ClN5O2. The summed E-state index contributed by atoms with van der Waals surface area (Å²) in [6, 6.07) is 24.2. The Labute approximate surface area is 277 Å². The van der Waals surface area contributed by atoms with Crippen LogP contribution in [0.25, 0.3) is 0 Å². The number of aromatic nitrogens is 2. The van der Waals surface area contributed by atoms with Crippen molar-refractivity contribution < 1.29 is 9.59 Å². The summed E-state index contributed by atoms with van der Waals surface area (Å²) in [4.78, 5) is 43.2. The van der Waals surface area contributed by atoms with Crippen molar-refractivity contribution in [3.05, 3.63) is 118 Å². The van der Waals surface area contributed by atoms with E-state index >= 15 is 0 Å². The number of fused-ring (bicyclic) bond motifs is 2. The molecule has 3 heterocycles. The van der Waals surface area contributed by atoms with E-state index < -0.39 is 0 Å². The standard InChI is InChI=1S/C38H42ClN5O2/c1-28(45)44-21-11-5-3-2-4-10-20-42(27-32-16-8-9-18-36(32)44)37(46)34-25-40-38(41-35(34)24-29-13-12-17-33(39)23-29)43-22-19-30-14-6-7-15-31(30)26-43/h6-9,12-18,23,25H,2-5,10-11,19-22,24,26-27H2,1H3. The lowest BCUT2D eigenvalue weighted by molar-refractivity contribution is -0.116. The summed E-state index contributed by atoms with van der Waals surface area (Å²) in [6.07, 6.45) is 9.39. The molecule has 0 N–H and O–H groups in total. The van der Waals surface area contributed by atoms with Crippen LogP contribution in [-0.4, -0.2) is 46.3 Å². The third-order valence-corrected chi connectivity index (χ3v) is 9.37. The number of benzene rings is 3. The maximum atomic E-state index is 14.6. The van der Waals surface area contributed by atoms with E-state index in [-0.39, 0.29) is 11.8 Å². The van der Waals surface area contributed by atoms with E-state index in [4.69, 9.17) is 21.6 Å². The first kappa shape index (κ1) is 31.7. The van der Waals surface area contributed by atoms with Crippen molar-refractivity contribution >= 4 is 35.1 Å². The van der Waals surface area contributed by atoms with Gasteiger partial charge in [-0.1, -0.05) is 91.9 Å². The number of rotatable bonds is 4. The zero-order chi connectivity index (χ0) is 31.9. The molecule has 0 saturated carbocycles. The number of anilines is 2. The van der Waals surface area contributed by atoms with Crippen molar-refractivity contribution in [1.29, 1.82) is 0 Å². The lowest BCUT2D eigenvalue weighted by Gasteiger charge is -2.30. The summed E-state index contributed by atoms with van der Waals surface area (Å²) in [5, 5.41) is 0.651. The molecule has 8 heteroatoms. The summed E-state index contributed by atoms with van der Waals surface area (Å²) in [7, 11) is 0. The highest BCUT2D eigenvalue weighted by Gasteiger charge is 2.26. The number of hydrogen-bond donors (Lipinski definition) is 0. The van der Waals surface area contributed by atoms with Gasteiger partial charge in [0.25, 0.3) is 5.91 Å². The SMILES string of the molecule is CC(=O)N1CCCCCCCCN(C(=O)c2cnc(N3CCc4ccccc4C3)nc2Cc2cccc(Cl)c2)Cc2ccccc21. The van der Waals surface area contributed by atoms with E-state index in [1.807, 2.05) is 58.3 Å². The van der Waals surface area contributed by atoms with E-state index in [0.29, 0.717) is 48.3 Å². The smallest absolute Gasteiger partial charge is 0.257 e. The van der Waals surface area contributed by atoms with Crippen molar-refractivity contribution in [2.24, 2.45) is 0 Å². The first-order valence-electron chi connectivity index (χ1n) is 16.5. The largest absolute Gasteiger partial charge is 0.336 e. The fraction of sp³-hybridized carbons (Fsp3) is 0.368. The van der Waals surface area contributed by atoms with Crippen LogP contribution in [0.4, 0.5) is 11.6 Å². The Balaban J connectivity index is 1.35. The monoisotopic (exact) mass is 635 g/mol. The Morgan fingerprint density at radius 2 is 1.50 bits per heavy atom. The fourth-order valence-electron chi connectivity index (χ4n) is 6.64. The number of carbonyl (C=O) groups is 2. The second-order valence-corrected chi connectivity index (χ2v) is 12.9. The van der Waals surface area contributed by atoms with Gasteiger partial charge >= 0.3 is 0 Å². The van der Waals surface area contributed by atoms with E-state index in [9.17, 15) is 9.59 Å². The van der Waals surface area contributed by atoms with Crippen LogP contribution < -0.4 is 9.80 Å². The first-order valence-corrected chi connectivity index (χ1v) is 16.9. The number of carbonyl (C=O) groups excluding carboxylic acids is 2. The molecule has 2 amide bonds. The number of nitrogens with zero attached hydrogens (tertiary/aromatic N) is 5. The van der Waals surface area contributed by atoms with Crippen LogP contribution in [0.1, 0.15) is 83.8 Å². The molecular weight excluding hydrogens is 594 g/mol. The topological polar surface area (TPSA) is 69.6 Å². The Bertz CT molecular complexity index is 1690. The number of para-hydroxylation sites is 1. The van der Waals surface area contributed by atoms with Gasteiger partial charge in [0.15, 0.2) is 0 Å². The highest BCUT2D eigenvalue weighted by molar-refractivity contribution is 6.30. The molecule has 0 fully saturated rings. The van der Waals surface area contributed by atoms with Crippen molar-refractivity contribution in [2.75, 3.05) is 29.4 Å². The molecule has 0 saturated heterocycles. The lowest BCUT2D eigenvalue weighted by atomic mass is 10.0. The summed E-state index contributed by atoms with van der Waals surface area (Å²) in [6.45, 7) is 4.88. The minimum Gasteiger partial charge on any atom is -0.336 e. The van der Waals surface area contributed by atoms with E-state index in [0.717, 1.165) is 74.8 Å². The molecule has 3 aromatic carbocycles. The number of amides is 2. The quantitative estimate of drug-likeness (QED) is 0.231. The molecule has 0 unspecified atom stereocenters. The average Bonchev–Trinajstić information content (AvgIpc) is 3.08. The van der Waals surface area contributed by atoms with Crippen molar-refractivity contribution in [1.82, 2.24) is 14.9 Å². The second kappa shape index (κ2) is 14.9. The maximum absolute atomic E-state index is 14.6. The molecule has 46 heavy (non-hydrogen) atoms. The minimum atomic E-state index is -0.0911. The van der Waals surface area contributed by atoms with Crippen LogP contribution in [0.2, 0.25) is 5.02 Å². The van der Waals surface area contributed by atoms with Gasteiger partial charge in [-0.25, -0.2) is 9.97 Å². The maximum Gasteiger partial charge on any atom is 0.257 e. The fourth-order valence-corrected chi connectivity index (χ4v) is 6.86. The number of halogens is 1. The zero-order valence-electron chi connectivity index (χ0n) is 26.6. The van der Waals surface area contributed by atoms with Crippen LogP contribution in [0.15, 0.2) is 79.0 Å². The Kier molecular flexibility index (Phi) is 10.3. The third kappa shape index (κ3) is 7.59. The highest BCUT2D eigenvalue weighted by atomic mass is 35.5. The summed E-state index contributed by atoms with van der Waals surface area (Å²) < 4.78 is 0. The minimum absolute atomic E-state index is 0.0216. The van der Waals surface area contributed by atoms with E-state index in [2.05, 4.69) is 29.2 Å². The average molecular weight is 636 g/mol. The van der Waals surface area contributed by atoms with Crippen LogP contribution in [0.3, 0.4) is 0 Å². The molecule has 238 valence electrons. The van der Waals surface area contributed by atoms with Gasteiger partial charge in [-0.05, 0) is 59.7 Å². The van der Waals surface area contributed by atoms with Crippen molar-refractivity contribution in [3.8, 4) is 0 Å². The summed E-state index contributed by atoms with van der Waals surface area (Å²) in [5.74, 6) is 0.565. The van der Waals surface area contributed by atoms with Gasteiger partial charge in [0.2, 0.25) is 11.9 Å². The van der Waals surface area contributed by atoms with Gasteiger partial charge in [0.1, 0.15) is 0 Å². The van der Waals surface area contributed by atoms with Gasteiger partial charge in [-0.2, -0.15) is 0 Å². The molecule has 0 bridgehead atoms. The molecule has 4 aromatic rings. The van der Waals surface area contributed by atoms with Gasteiger partial charge in [0, 0.05) is 63.0 Å². The van der Waals surface area contributed by atoms with Crippen molar-refractivity contribution in [2.45, 2.75) is 71.4 Å². The predicted octanol–water partition coefficient (Wildman–Crippen LogP) is 7.63. The molecule has 0 spiro atoms. The van der Waals surface area contributed by atoms with E-state index in [1.54, 1.807) is 13.1 Å². The summed E-state index contributed by atoms with van der Waals surface area (Å²) in [5.41, 5.74) is 6.67. The predicted molar refractivity (Wildman–Crippen MR) is 184 cm³/mol. The molecule has 0 atom stereocenters. The van der Waals surface area contributed by atoms with Crippen LogP contribution >= 0.6 is 11.6 Å². The summed E-state index contributed by atoms with van der Waals surface area (Å²) >= 11 is 6.37. The molecule has 6 rings (SSSR count). The molecule has 7 nitrogen and oxygen atoms in total. The number of hydrogen-bond acceptors (Lipinski definition) is 5. The Hall–Kier alpha value is -4.23. The van der Waals surface area contributed by atoms with Gasteiger partial charge in [-0.3, -0.25) is 9.59 Å². The lowest BCUT2D eigenvalue weighted by Crippen LogP contribution is -2.35. The third-order valence-electron chi connectivity index (χ3n) is 9.13.